The van der Waals surface area contributed by atoms with E-state index in [1.807, 2.05) is 49.4 Å². The summed E-state index contributed by atoms with van der Waals surface area (Å²) in [5.74, 6) is 1.05. The summed E-state index contributed by atoms with van der Waals surface area (Å²) in [6.07, 6.45) is 1.45. The van der Waals surface area contributed by atoms with Crippen LogP contribution >= 0.6 is 0 Å². The molecule has 2 N–H and O–H groups in total. The molecule has 0 saturated heterocycles. The largest absolute Gasteiger partial charge is 0.496 e. The van der Waals surface area contributed by atoms with Crippen LogP contribution in [0, 0.1) is 6.92 Å². The molecule has 0 radical (unpaired) electrons. The number of nitrogens with one attached hydrogen (secondary N) is 1. The third-order valence-corrected chi connectivity index (χ3v) is 6.51. The van der Waals surface area contributed by atoms with Gasteiger partial charge in [0.2, 0.25) is 12.7 Å². The van der Waals surface area contributed by atoms with E-state index in [9.17, 15) is 14.7 Å². The molecule has 3 aromatic carbocycles. The monoisotopic (exact) mass is 463 g/mol. The van der Waals surface area contributed by atoms with Crippen LogP contribution in [0.25, 0.3) is 11.1 Å². The van der Waals surface area contributed by atoms with Gasteiger partial charge in [0.05, 0.1) is 18.9 Å². The summed E-state index contributed by atoms with van der Waals surface area (Å²) in [6.45, 7) is 2.17. The van der Waals surface area contributed by atoms with Crippen LogP contribution in [0.4, 0.5) is 5.69 Å². The van der Waals surface area contributed by atoms with Crippen molar-refractivity contribution in [3.05, 3.63) is 71.3 Å². The summed E-state index contributed by atoms with van der Waals surface area (Å²) in [5.41, 5.74) is 4.33. The molecule has 0 atom stereocenters. The van der Waals surface area contributed by atoms with E-state index < -0.39 is 11.4 Å². The zero-order valence-corrected chi connectivity index (χ0v) is 19.0. The van der Waals surface area contributed by atoms with E-state index in [0.29, 0.717) is 28.5 Å². The molecule has 7 heteroatoms. The number of carbonyl (C=O) groups is 2. The van der Waals surface area contributed by atoms with Gasteiger partial charge < -0.3 is 24.6 Å². The summed E-state index contributed by atoms with van der Waals surface area (Å²) >= 11 is 0. The van der Waals surface area contributed by atoms with Gasteiger partial charge in [-0.15, -0.1) is 0 Å². The lowest BCUT2D eigenvalue weighted by atomic mass is 9.93. The third-order valence-electron chi connectivity index (χ3n) is 6.51. The first kappa shape index (κ1) is 21.8. The van der Waals surface area contributed by atoms with Crippen LogP contribution in [0.15, 0.2) is 54.6 Å². The summed E-state index contributed by atoms with van der Waals surface area (Å²) in [6, 6.07) is 16.8. The normalized spacial score (nSPS) is 15.0. The first-order valence-corrected chi connectivity index (χ1v) is 11.1. The standard InChI is InChI=1S/C27H25NO6.2H2/c1-16-3-6-19(14-20(16)21-11-17(12-25(29)30)4-7-22(21)32-2)28-26(31)27(9-10-27)18-5-8-23-24(13-18)34-15-33-23;;/h3-8,11,13-14H,9-10,12,15H2,1-2H3,(H,28,31)(H,29,30);2*1H. The van der Waals surface area contributed by atoms with E-state index in [1.165, 1.54) is 0 Å². The number of fused-ring (bicyclic) bond motifs is 1. The van der Waals surface area contributed by atoms with Crippen LogP contribution in [0.5, 0.6) is 17.2 Å². The van der Waals surface area contributed by atoms with Gasteiger partial charge in [-0.2, -0.15) is 0 Å². The minimum Gasteiger partial charge on any atom is -0.496 e. The Labute approximate surface area is 200 Å². The van der Waals surface area contributed by atoms with Crippen molar-refractivity contribution < 1.29 is 31.8 Å². The van der Waals surface area contributed by atoms with Crippen molar-refractivity contribution >= 4 is 17.6 Å². The van der Waals surface area contributed by atoms with Crippen molar-refractivity contribution in [2.75, 3.05) is 19.2 Å². The molecule has 1 saturated carbocycles. The first-order chi connectivity index (χ1) is 16.4. The number of anilines is 1. The number of rotatable bonds is 7. The van der Waals surface area contributed by atoms with Gasteiger partial charge in [0.25, 0.3) is 0 Å². The Morgan fingerprint density at radius 1 is 1.03 bits per heavy atom. The SMILES string of the molecule is COc1ccc(CC(=O)O)cc1-c1cc(NC(=O)C2(c3ccc4c(c3)OCO4)CC2)ccc1C.[HH].[HH]. The molecular weight excluding hydrogens is 434 g/mol. The fourth-order valence-corrected chi connectivity index (χ4v) is 4.46. The molecule has 7 nitrogen and oxygen atoms in total. The Balaban J connectivity index is 0.00000180. The number of hydrogen-bond acceptors (Lipinski definition) is 5. The Morgan fingerprint density at radius 2 is 1.82 bits per heavy atom. The van der Waals surface area contributed by atoms with Crippen LogP contribution < -0.4 is 19.5 Å². The molecule has 2 aliphatic rings. The minimum absolute atomic E-state index is 0. The molecule has 1 aliphatic carbocycles. The van der Waals surface area contributed by atoms with Crippen LogP contribution in [-0.4, -0.2) is 30.9 Å². The van der Waals surface area contributed by atoms with Gasteiger partial charge in [-0.1, -0.05) is 18.2 Å². The molecule has 1 aliphatic heterocycles. The molecule has 0 aromatic heterocycles. The molecule has 5 rings (SSSR count). The van der Waals surface area contributed by atoms with Crippen molar-refractivity contribution in [3.63, 3.8) is 0 Å². The van der Waals surface area contributed by atoms with Crippen molar-refractivity contribution in [1.29, 1.82) is 0 Å². The highest BCUT2D eigenvalue weighted by Crippen LogP contribution is 2.51. The molecule has 34 heavy (non-hydrogen) atoms. The molecule has 0 unspecified atom stereocenters. The highest BCUT2D eigenvalue weighted by Gasteiger charge is 2.51. The van der Waals surface area contributed by atoms with Crippen LogP contribution in [-0.2, 0) is 21.4 Å². The van der Waals surface area contributed by atoms with E-state index in [4.69, 9.17) is 14.2 Å². The quantitative estimate of drug-likeness (QED) is 0.501. The summed E-state index contributed by atoms with van der Waals surface area (Å²) in [4.78, 5) is 24.6. The maximum atomic E-state index is 13.4. The van der Waals surface area contributed by atoms with Crippen LogP contribution in [0.2, 0.25) is 0 Å². The molecule has 0 bridgehead atoms. The van der Waals surface area contributed by atoms with E-state index >= 15 is 0 Å². The lowest BCUT2D eigenvalue weighted by molar-refractivity contribution is -0.136. The smallest absolute Gasteiger partial charge is 0.307 e. The molecule has 0 spiro atoms. The number of amides is 1. The number of carboxylic acid groups (broad SMARTS) is 1. The van der Waals surface area contributed by atoms with Gasteiger partial charge in [-0.3, -0.25) is 9.59 Å². The Hall–Kier alpha value is -4.00. The van der Waals surface area contributed by atoms with Crippen LogP contribution in [0.1, 0.15) is 32.4 Å². The van der Waals surface area contributed by atoms with Gasteiger partial charge >= 0.3 is 5.97 Å². The van der Waals surface area contributed by atoms with Crippen molar-refractivity contribution in [2.45, 2.75) is 31.6 Å². The maximum Gasteiger partial charge on any atom is 0.307 e. The number of benzene rings is 3. The second-order valence-electron chi connectivity index (χ2n) is 8.74. The lowest BCUT2D eigenvalue weighted by Crippen LogP contribution is -2.27. The predicted octanol–water partition coefficient (Wildman–Crippen LogP) is 5.19. The Bertz CT molecular complexity index is 1310. The topological polar surface area (TPSA) is 94.1 Å². The van der Waals surface area contributed by atoms with Gasteiger partial charge in [0.1, 0.15) is 5.75 Å². The van der Waals surface area contributed by atoms with E-state index in [1.54, 1.807) is 19.2 Å². The summed E-state index contributed by atoms with van der Waals surface area (Å²) < 4.78 is 16.4. The zero-order valence-electron chi connectivity index (χ0n) is 19.0. The highest BCUT2D eigenvalue weighted by molar-refractivity contribution is 6.02. The van der Waals surface area contributed by atoms with Gasteiger partial charge in [-0.25, -0.2) is 0 Å². The van der Waals surface area contributed by atoms with Crippen molar-refractivity contribution in [1.82, 2.24) is 0 Å². The maximum absolute atomic E-state index is 13.4. The second-order valence-corrected chi connectivity index (χ2v) is 8.74. The Morgan fingerprint density at radius 3 is 2.56 bits per heavy atom. The lowest BCUT2D eigenvalue weighted by Gasteiger charge is -2.18. The second kappa shape index (κ2) is 8.41. The van der Waals surface area contributed by atoms with Crippen molar-refractivity contribution in [3.8, 4) is 28.4 Å². The number of aliphatic carboxylic acids is 1. The zero-order chi connectivity index (χ0) is 23.9. The number of carboxylic acids is 1. The van der Waals surface area contributed by atoms with Gasteiger partial charge in [-0.05, 0) is 78.4 Å². The fraction of sp³-hybridized carbons (Fsp3) is 0.259. The van der Waals surface area contributed by atoms with Gasteiger partial charge in [0.15, 0.2) is 11.5 Å². The molecule has 1 amide bonds. The average Bonchev–Trinajstić information content (AvgIpc) is 3.50. The van der Waals surface area contributed by atoms with Crippen LogP contribution in [0.3, 0.4) is 0 Å². The number of aryl methyl sites for hydroxylation is 1. The molecule has 3 aromatic rings. The molecular formula is C27H29NO6. The fourth-order valence-electron chi connectivity index (χ4n) is 4.46. The highest BCUT2D eigenvalue weighted by atomic mass is 16.7. The first-order valence-electron chi connectivity index (χ1n) is 11.1. The molecule has 178 valence electrons. The van der Waals surface area contributed by atoms with E-state index in [2.05, 4.69) is 5.32 Å². The van der Waals surface area contributed by atoms with Crippen molar-refractivity contribution in [2.24, 2.45) is 0 Å². The average molecular weight is 464 g/mol. The molecule has 1 heterocycles. The number of carbonyl (C=O) groups excluding carboxylic acids is 1. The number of ether oxygens (including phenoxy) is 3. The summed E-state index contributed by atoms with van der Waals surface area (Å²) in [7, 11) is 1.58. The van der Waals surface area contributed by atoms with E-state index in [-0.39, 0.29) is 22.0 Å². The number of hydrogen-bond donors (Lipinski definition) is 2. The number of methoxy groups -OCH3 is 1. The minimum atomic E-state index is -0.896. The summed E-state index contributed by atoms with van der Waals surface area (Å²) in [5, 5.41) is 12.3. The molecule has 1 fully saturated rings. The third kappa shape index (κ3) is 3.94. The predicted molar refractivity (Wildman–Crippen MR) is 131 cm³/mol. The van der Waals surface area contributed by atoms with Gasteiger partial charge in [0, 0.05) is 14.1 Å². The van der Waals surface area contributed by atoms with E-state index in [0.717, 1.165) is 35.1 Å². The Kier molecular flexibility index (Phi) is 5.40.